The molecule has 0 unspecified atom stereocenters. The van der Waals surface area contributed by atoms with Crippen LogP contribution in [0.25, 0.3) is 10.9 Å². The molecule has 1 aromatic carbocycles. The van der Waals surface area contributed by atoms with Gasteiger partial charge in [-0.25, -0.2) is 8.42 Å². The van der Waals surface area contributed by atoms with E-state index in [2.05, 4.69) is 15.6 Å². The normalized spacial score (nSPS) is 12.3. The predicted octanol–water partition coefficient (Wildman–Crippen LogP) is 4.71. The Morgan fingerprint density at radius 2 is 1.90 bits per heavy atom. The van der Waals surface area contributed by atoms with E-state index in [0.29, 0.717) is 30.2 Å². The van der Waals surface area contributed by atoms with E-state index in [4.69, 9.17) is 11.6 Å². The number of hydrogen-bond donors (Lipinski definition) is 2. The van der Waals surface area contributed by atoms with Crippen molar-refractivity contribution in [2.75, 3.05) is 29.2 Å². The number of pyridine rings is 1. The number of sulfone groups is 1. The Hall–Kier alpha value is -2.46. The molecule has 0 amide bonds. The minimum absolute atomic E-state index is 0.0568. The van der Waals surface area contributed by atoms with Crippen LogP contribution in [0, 0.1) is 0 Å². The first-order valence-corrected chi connectivity index (χ1v) is 11.9. The van der Waals surface area contributed by atoms with E-state index in [9.17, 15) is 21.6 Å². The zero-order valence-electron chi connectivity index (χ0n) is 16.7. The fourth-order valence-corrected chi connectivity index (χ4v) is 4.10. The lowest BCUT2D eigenvalue weighted by Gasteiger charge is -2.16. The van der Waals surface area contributed by atoms with Crippen molar-refractivity contribution in [2.24, 2.45) is 0 Å². The van der Waals surface area contributed by atoms with Gasteiger partial charge in [-0.15, -0.1) is 0 Å². The van der Waals surface area contributed by atoms with Crippen LogP contribution in [0.15, 0.2) is 42.7 Å². The predicted molar refractivity (Wildman–Crippen MR) is 117 cm³/mol. The third-order valence-corrected chi connectivity index (χ3v) is 5.87. The third kappa shape index (κ3) is 6.76. The summed E-state index contributed by atoms with van der Waals surface area (Å²) in [4.78, 5) is 3.98. The van der Waals surface area contributed by atoms with Crippen LogP contribution in [-0.4, -0.2) is 42.7 Å². The summed E-state index contributed by atoms with van der Waals surface area (Å²) in [6.07, 6.45) is 0.149. The van der Waals surface area contributed by atoms with Crippen LogP contribution in [0.1, 0.15) is 12.1 Å². The summed E-state index contributed by atoms with van der Waals surface area (Å²) in [7, 11) is -3.09. The Morgan fingerprint density at radius 3 is 2.61 bits per heavy atom. The van der Waals surface area contributed by atoms with E-state index in [-0.39, 0.29) is 11.4 Å². The highest BCUT2D eigenvalue weighted by Crippen LogP contribution is 2.27. The lowest BCUT2D eigenvalue weighted by atomic mass is 10.2. The van der Waals surface area contributed by atoms with Gasteiger partial charge in [-0.2, -0.15) is 13.2 Å². The topological polar surface area (TPSA) is 76.0 Å². The standard InChI is InChI=1S/C20H22ClF3N4O2S/c1-31(29,30)8-2-7-28-16(10-14-9-15(21)3-4-19(14)28)11-26-18-12-25-6-5-17(18)27-13-20(22,23)24/h3-6,9-10,12,26H,2,7-8,11,13H2,1H3,(H,25,27). The van der Waals surface area contributed by atoms with Crippen LogP contribution < -0.4 is 10.6 Å². The van der Waals surface area contributed by atoms with Crippen molar-refractivity contribution in [1.82, 2.24) is 9.55 Å². The maximum absolute atomic E-state index is 12.6. The molecule has 31 heavy (non-hydrogen) atoms. The highest BCUT2D eigenvalue weighted by Gasteiger charge is 2.27. The zero-order chi connectivity index (χ0) is 22.6. The monoisotopic (exact) mass is 474 g/mol. The average molecular weight is 475 g/mol. The molecule has 0 bridgehead atoms. The lowest BCUT2D eigenvalue weighted by Crippen LogP contribution is -2.22. The number of alkyl halides is 3. The van der Waals surface area contributed by atoms with E-state index in [0.717, 1.165) is 16.6 Å². The quantitative estimate of drug-likeness (QED) is 0.469. The number of nitrogens with one attached hydrogen (secondary N) is 2. The molecular weight excluding hydrogens is 453 g/mol. The molecule has 3 aromatic rings. The number of rotatable bonds is 9. The Labute approximate surface area is 183 Å². The number of hydrogen-bond acceptors (Lipinski definition) is 5. The van der Waals surface area contributed by atoms with Crippen LogP contribution in [-0.2, 0) is 22.9 Å². The Morgan fingerprint density at radius 1 is 1.13 bits per heavy atom. The van der Waals surface area contributed by atoms with Crippen molar-refractivity contribution < 1.29 is 21.6 Å². The van der Waals surface area contributed by atoms with Gasteiger partial charge in [-0.3, -0.25) is 4.98 Å². The lowest BCUT2D eigenvalue weighted by molar-refractivity contribution is -0.115. The fraction of sp³-hybridized carbons (Fsp3) is 0.350. The fourth-order valence-electron chi connectivity index (χ4n) is 3.27. The van der Waals surface area contributed by atoms with Crippen LogP contribution >= 0.6 is 11.6 Å². The number of nitrogens with zero attached hydrogens (tertiary/aromatic N) is 2. The minimum Gasteiger partial charge on any atom is -0.377 e. The summed E-state index contributed by atoms with van der Waals surface area (Å²) in [6, 6.07) is 8.83. The van der Waals surface area contributed by atoms with Crippen LogP contribution in [0.5, 0.6) is 0 Å². The Kier molecular flexibility index (Phi) is 7.00. The molecule has 0 fully saturated rings. The van der Waals surface area contributed by atoms with Crippen molar-refractivity contribution in [3.63, 3.8) is 0 Å². The second-order valence-corrected chi connectivity index (χ2v) is 9.91. The van der Waals surface area contributed by atoms with Gasteiger partial charge in [0.1, 0.15) is 16.4 Å². The van der Waals surface area contributed by atoms with Gasteiger partial charge in [0, 0.05) is 40.6 Å². The van der Waals surface area contributed by atoms with Gasteiger partial charge in [-0.05, 0) is 36.8 Å². The van der Waals surface area contributed by atoms with Gasteiger partial charge in [0.05, 0.1) is 29.9 Å². The van der Waals surface area contributed by atoms with E-state index >= 15 is 0 Å². The molecule has 0 radical (unpaired) electrons. The number of anilines is 2. The molecule has 2 heterocycles. The summed E-state index contributed by atoms with van der Waals surface area (Å²) in [5.74, 6) is 0.0568. The SMILES string of the molecule is CS(=O)(=O)CCCn1c(CNc2cnccc2NCC(F)(F)F)cc2cc(Cl)ccc21. The summed E-state index contributed by atoms with van der Waals surface area (Å²) in [5.41, 5.74) is 2.46. The molecule has 3 rings (SSSR count). The smallest absolute Gasteiger partial charge is 0.377 e. The molecule has 11 heteroatoms. The maximum Gasteiger partial charge on any atom is 0.405 e. The van der Waals surface area contributed by atoms with Gasteiger partial charge >= 0.3 is 6.18 Å². The summed E-state index contributed by atoms with van der Waals surface area (Å²) in [5, 5.41) is 6.96. The highest BCUT2D eigenvalue weighted by molar-refractivity contribution is 7.90. The molecule has 0 aliphatic carbocycles. The van der Waals surface area contributed by atoms with Gasteiger partial charge in [0.2, 0.25) is 0 Å². The molecule has 0 aliphatic rings. The molecule has 0 saturated carbocycles. The molecule has 0 saturated heterocycles. The third-order valence-electron chi connectivity index (χ3n) is 4.61. The number of fused-ring (bicyclic) bond motifs is 1. The minimum atomic E-state index is -4.34. The number of aryl methyl sites for hydroxylation is 1. The van der Waals surface area contributed by atoms with Gasteiger partial charge in [-0.1, -0.05) is 11.6 Å². The number of benzene rings is 1. The molecule has 168 valence electrons. The van der Waals surface area contributed by atoms with E-state index in [1.54, 1.807) is 6.07 Å². The molecule has 2 aromatic heterocycles. The summed E-state index contributed by atoms with van der Waals surface area (Å²) in [6.45, 7) is -0.380. The number of halogens is 4. The van der Waals surface area contributed by atoms with E-state index in [1.807, 2.05) is 22.8 Å². The maximum atomic E-state index is 12.6. The molecule has 0 atom stereocenters. The summed E-state index contributed by atoms with van der Waals surface area (Å²) >= 11 is 6.10. The van der Waals surface area contributed by atoms with Crippen molar-refractivity contribution in [3.05, 3.63) is 53.4 Å². The van der Waals surface area contributed by atoms with Crippen LogP contribution in [0.2, 0.25) is 5.02 Å². The van der Waals surface area contributed by atoms with E-state index < -0.39 is 22.6 Å². The second kappa shape index (κ2) is 9.35. The van der Waals surface area contributed by atoms with Crippen molar-refractivity contribution in [1.29, 1.82) is 0 Å². The molecule has 6 nitrogen and oxygen atoms in total. The average Bonchev–Trinajstić information content (AvgIpc) is 3.00. The van der Waals surface area contributed by atoms with Gasteiger partial charge < -0.3 is 15.2 Å². The molecule has 2 N–H and O–H groups in total. The van der Waals surface area contributed by atoms with Crippen molar-refractivity contribution in [3.8, 4) is 0 Å². The first kappa shape index (κ1) is 23.2. The first-order chi connectivity index (χ1) is 14.5. The van der Waals surface area contributed by atoms with Crippen LogP contribution in [0.4, 0.5) is 24.5 Å². The Balaban J connectivity index is 1.82. The molecule has 0 aliphatic heterocycles. The first-order valence-electron chi connectivity index (χ1n) is 9.46. The number of aromatic nitrogens is 2. The second-order valence-electron chi connectivity index (χ2n) is 7.22. The zero-order valence-corrected chi connectivity index (χ0v) is 18.3. The van der Waals surface area contributed by atoms with Gasteiger partial charge in [0.25, 0.3) is 0 Å². The largest absolute Gasteiger partial charge is 0.405 e. The molecular formula is C20H22ClF3N4O2S. The van der Waals surface area contributed by atoms with Gasteiger partial charge in [0.15, 0.2) is 0 Å². The van der Waals surface area contributed by atoms with E-state index in [1.165, 1.54) is 24.7 Å². The van der Waals surface area contributed by atoms with Crippen LogP contribution in [0.3, 0.4) is 0 Å². The van der Waals surface area contributed by atoms with Crippen molar-refractivity contribution in [2.45, 2.75) is 25.7 Å². The summed E-state index contributed by atoms with van der Waals surface area (Å²) < 4.78 is 62.7. The van der Waals surface area contributed by atoms with Crippen molar-refractivity contribution >= 4 is 43.7 Å². The molecule has 0 spiro atoms. The Bertz CT molecular complexity index is 1160. The highest BCUT2D eigenvalue weighted by atomic mass is 35.5.